The molecule has 1 heterocycles. The Morgan fingerprint density at radius 3 is 2.61 bits per heavy atom. The molecule has 0 atom stereocenters. The van der Waals surface area contributed by atoms with Gasteiger partial charge in [-0.1, -0.05) is 0 Å². The highest BCUT2D eigenvalue weighted by Crippen LogP contribution is 2.23. The fraction of sp³-hybridized carbons (Fsp3) is 0.500. The van der Waals surface area contributed by atoms with E-state index in [1.54, 1.807) is 6.07 Å². The van der Waals surface area contributed by atoms with Crippen LogP contribution in [0.3, 0.4) is 0 Å². The van der Waals surface area contributed by atoms with E-state index in [1.165, 1.54) is 12.1 Å². The van der Waals surface area contributed by atoms with Crippen LogP contribution in [-0.4, -0.2) is 15.1 Å². The number of hydrogen-bond donors (Lipinski definition) is 1. The predicted octanol–water partition coefficient (Wildman–Crippen LogP) is 3.04. The van der Waals surface area contributed by atoms with Crippen molar-refractivity contribution in [1.29, 1.82) is 0 Å². The Labute approximate surface area is 107 Å². The smallest absolute Gasteiger partial charge is 0.125 e. The van der Waals surface area contributed by atoms with Crippen molar-refractivity contribution in [2.45, 2.75) is 45.7 Å². The van der Waals surface area contributed by atoms with Gasteiger partial charge in [0.1, 0.15) is 11.6 Å². The maximum atomic E-state index is 13.2. The molecule has 2 N–H and O–H groups in total. The Hall–Kier alpha value is -1.42. The summed E-state index contributed by atoms with van der Waals surface area (Å²) in [5.41, 5.74) is 7.39. The average Bonchev–Trinajstić information content (AvgIpc) is 2.51. The average molecular weight is 249 g/mol. The van der Waals surface area contributed by atoms with Gasteiger partial charge in [0, 0.05) is 24.1 Å². The summed E-state index contributed by atoms with van der Waals surface area (Å²) in [5.74, 6) is 0.660. The SMILES string of the molecule is CC(C)n1c(CC(C)(C)N)nc2cc(F)ccc21. The van der Waals surface area contributed by atoms with Crippen LogP contribution in [-0.2, 0) is 6.42 Å². The minimum Gasteiger partial charge on any atom is -0.325 e. The second-order valence-electron chi connectivity index (χ2n) is 5.79. The highest BCUT2D eigenvalue weighted by Gasteiger charge is 2.19. The molecule has 0 spiro atoms. The van der Waals surface area contributed by atoms with Gasteiger partial charge >= 0.3 is 0 Å². The third-order valence-electron chi connectivity index (χ3n) is 2.85. The van der Waals surface area contributed by atoms with E-state index >= 15 is 0 Å². The number of nitrogens with zero attached hydrogens (tertiary/aromatic N) is 2. The van der Waals surface area contributed by atoms with Crippen molar-refractivity contribution in [2.75, 3.05) is 0 Å². The monoisotopic (exact) mass is 249 g/mol. The largest absolute Gasteiger partial charge is 0.325 e. The summed E-state index contributed by atoms with van der Waals surface area (Å²) < 4.78 is 15.4. The van der Waals surface area contributed by atoms with Crippen LogP contribution < -0.4 is 5.73 Å². The van der Waals surface area contributed by atoms with E-state index in [9.17, 15) is 4.39 Å². The molecule has 0 saturated carbocycles. The first-order valence-electron chi connectivity index (χ1n) is 6.23. The molecular weight excluding hydrogens is 229 g/mol. The molecule has 0 fully saturated rings. The first-order valence-corrected chi connectivity index (χ1v) is 6.23. The molecule has 2 rings (SSSR count). The van der Waals surface area contributed by atoms with Gasteiger partial charge < -0.3 is 10.3 Å². The quantitative estimate of drug-likeness (QED) is 0.908. The normalized spacial score (nSPS) is 12.6. The zero-order valence-electron chi connectivity index (χ0n) is 11.4. The zero-order chi connectivity index (χ0) is 13.5. The number of hydrogen-bond acceptors (Lipinski definition) is 2. The zero-order valence-corrected chi connectivity index (χ0v) is 11.4. The lowest BCUT2D eigenvalue weighted by Crippen LogP contribution is -2.35. The van der Waals surface area contributed by atoms with E-state index in [4.69, 9.17) is 5.73 Å². The summed E-state index contributed by atoms with van der Waals surface area (Å²) in [5, 5.41) is 0. The van der Waals surface area contributed by atoms with Crippen molar-refractivity contribution in [3.63, 3.8) is 0 Å². The van der Waals surface area contributed by atoms with Crippen molar-refractivity contribution in [2.24, 2.45) is 5.73 Å². The van der Waals surface area contributed by atoms with Crippen LogP contribution in [0.2, 0.25) is 0 Å². The van der Waals surface area contributed by atoms with Crippen LogP contribution in [0, 0.1) is 5.82 Å². The molecular formula is C14H20FN3. The number of nitrogens with two attached hydrogens (primary N) is 1. The Bertz CT molecular complexity index is 564. The van der Waals surface area contributed by atoms with E-state index < -0.39 is 0 Å². The predicted molar refractivity (Wildman–Crippen MR) is 72.0 cm³/mol. The third-order valence-corrected chi connectivity index (χ3v) is 2.85. The molecule has 18 heavy (non-hydrogen) atoms. The van der Waals surface area contributed by atoms with E-state index in [2.05, 4.69) is 23.4 Å². The lowest BCUT2D eigenvalue weighted by molar-refractivity contribution is 0.475. The van der Waals surface area contributed by atoms with Crippen molar-refractivity contribution in [1.82, 2.24) is 9.55 Å². The molecule has 0 saturated heterocycles. The summed E-state index contributed by atoms with van der Waals surface area (Å²) >= 11 is 0. The van der Waals surface area contributed by atoms with Crippen molar-refractivity contribution in [3.05, 3.63) is 29.8 Å². The third kappa shape index (κ3) is 2.53. The molecule has 2 aromatic rings. The van der Waals surface area contributed by atoms with Gasteiger partial charge in [-0.25, -0.2) is 9.37 Å². The van der Waals surface area contributed by atoms with Crippen LogP contribution in [0.25, 0.3) is 11.0 Å². The molecule has 98 valence electrons. The maximum absolute atomic E-state index is 13.2. The first-order chi connectivity index (χ1) is 8.28. The molecule has 0 aliphatic rings. The lowest BCUT2D eigenvalue weighted by atomic mass is 10.0. The number of imidazole rings is 1. The van der Waals surface area contributed by atoms with E-state index in [0.29, 0.717) is 11.9 Å². The van der Waals surface area contributed by atoms with Crippen molar-refractivity contribution >= 4 is 11.0 Å². The highest BCUT2D eigenvalue weighted by atomic mass is 19.1. The number of benzene rings is 1. The molecule has 0 bridgehead atoms. The van der Waals surface area contributed by atoms with Gasteiger partial charge in [-0.2, -0.15) is 0 Å². The maximum Gasteiger partial charge on any atom is 0.125 e. The Kier molecular flexibility index (Phi) is 3.15. The summed E-state index contributed by atoms with van der Waals surface area (Å²) in [7, 11) is 0. The Morgan fingerprint density at radius 1 is 1.39 bits per heavy atom. The number of halogens is 1. The molecule has 0 unspecified atom stereocenters. The minimum atomic E-state index is -0.327. The lowest BCUT2D eigenvalue weighted by Gasteiger charge is -2.20. The van der Waals surface area contributed by atoms with E-state index in [-0.39, 0.29) is 17.4 Å². The Balaban J connectivity index is 2.61. The second kappa shape index (κ2) is 4.35. The number of aromatic nitrogens is 2. The molecule has 0 aliphatic heterocycles. The molecule has 1 aromatic carbocycles. The fourth-order valence-electron chi connectivity index (χ4n) is 2.23. The fourth-order valence-corrected chi connectivity index (χ4v) is 2.23. The summed E-state index contributed by atoms with van der Waals surface area (Å²) in [4.78, 5) is 4.52. The molecule has 0 radical (unpaired) electrons. The van der Waals surface area contributed by atoms with Crippen LogP contribution in [0.5, 0.6) is 0 Å². The molecule has 0 aliphatic carbocycles. The topological polar surface area (TPSA) is 43.8 Å². The van der Waals surface area contributed by atoms with Gasteiger partial charge in [-0.15, -0.1) is 0 Å². The Morgan fingerprint density at radius 2 is 2.06 bits per heavy atom. The van der Waals surface area contributed by atoms with Gasteiger partial charge in [0.05, 0.1) is 11.0 Å². The van der Waals surface area contributed by atoms with Crippen LogP contribution in [0.15, 0.2) is 18.2 Å². The van der Waals surface area contributed by atoms with E-state index in [0.717, 1.165) is 11.3 Å². The van der Waals surface area contributed by atoms with Crippen molar-refractivity contribution in [3.8, 4) is 0 Å². The summed E-state index contributed by atoms with van der Waals surface area (Å²) in [6.07, 6.45) is 0.668. The molecule has 0 amide bonds. The molecule has 3 nitrogen and oxygen atoms in total. The minimum absolute atomic E-state index is 0.255. The van der Waals surface area contributed by atoms with Crippen LogP contribution in [0.1, 0.15) is 39.6 Å². The van der Waals surface area contributed by atoms with Gasteiger partial charge in [-0.3, -0.25) is 0 Å². The van der Waals surface area contributed by atoms with Gasteiger partial charge in [-0.05, 0) is 39.8 Å². The highest BCUT2D eigenvalue weighted by molar-refractivity contribution is 5.76. The second-order valence-corrected chi connectivity index (χ2v) is 5.79. The van der Waals surface area contributed by atoms with Gasteiger partial charge in [0.15, 0.2) is 0 Å². The molecule has 4 heteroatoms. The van der Waals surface area contributed by atoms with E-state index in [1.807, 2.05) is 13.8 Å². The number of fused-ring (bicyclic) bond motifs is 1. The van der Waals surface area contributed by atoms with Crippen molar-refractivity contribution < 1.29 is 4.39 Å². The molecule has 1 aromatic heterocycles. The summed E-state index contributed by atoms with van der Waals surface area (Å²) in [6.45, 7) is 8.13. The standard InChI is InChI=1S/C14H20FN3/c1-9(2)18-12-6-5-10(15)7-11(12)17-13(18)8-14(3,4)16/h5-7,9H,8,16H2,1-4H3. The van der Waals surface area contributed by atoms with Crippen LogP contribution in [0.4, 0.5) is 4.39 Å². The first kappa shape index (κ1) is 13.0. The number of rotatable bonds is 3. The van der Waals surface area contributed by atoms with Gasteiger partial charge in [0.2, 0.25) is 0 Å². The summed E-state index contributed by atoms with van der Waals surface area (Å²) in [6, 6.07) is 5.00. The van der Waals surface area contributed by atoms with Crippen LogP contribution >= 0.6 is 0 Å². The van der Waals surface area contributed by atoms with Gasteiger partial charge in [0.25, 0.3) is 0 Å².